The summed E-state index contributed by atoms with van der Waals surface area (Å²) in [5.74, 6) is 0.906. The van der Waals surface area contributed by atoms with Crippen LogP contribution in [0.25, 0.3) is 0 Å². The highest BCUT2D eigenvalue weighted by Crippen LogP contribution is 2.34. The molecule has 0 nitrogen and oxygen atoms in total. The monoisotopic (exact) mass is 166 g/mol. The van der Waals surface area contributed by atoms with Crippen molar-refractivity contribution in [1.82, 2.24) is 0 Å². The topological polar surface area (TPSA) is 0 Å². The molecule has 2 rings (SSSR count). The molecular formula is C10H14S. The van der Waals surface area contributed by atoms with Gasteiger partial charge in [0.15, 0.2) is 0 Å². The lowest BCUT2D eigenvalue weighted by Crippen LogP contribution is -2.01. The van der Waals surface area contributed by atoms with E-state index >= 15 is 0 Å². The third-order valence-electron chi connectivity index (χ3n) is 2.55. The van der Waals surface area contributed by atoms with Crippen molar-refractivity contribution in [2.75, 3.05) is 0 Å². The first-order valence-corrected chi connectivity index (χ1v) is 5.38. The van der Waals surface area contributed by atoms with E-state index in [2.05, 4.69) is 17.5 Å². The fourth-order valence-electron chi connectivity index (χ4n) is 1.91. The van der Waals surface area contributed by atoms with E-state index in [0.29, 0.717) is 0 Å². The summed E-state index contributed by atoms with van der Waals surface area (Å²) < 4.78 is 0. The highest BCUT2D eigenvalue weighted by atomic mass is 32.1. The molecule has 60 valence electrons. The molecule has 0 saturated heterocycles. The van der Waals surface area contributed by atoms with E-state index in [4.69, 9.17) is 0 Å². The normalized spacial score (nSPS) is 20.4. The van der Waals surface area contributed by atoms with Crippen LogP contribution >= 0.6 is 11.3 Å². The molecule has 1 heteroatoms. The van der Waals surface area contributed by atoms with Crippen molar-refractivity contribution < 1.29 is 0 Å². The van der Waals surface area contributed by atoms with Crippen LogP contribution in [0.15, 0.2) is 17.5 Å². The lowest BCUT2D eigenvalue weighted by Gasteiger charge is -2.19. The molecule has 1 heterocycles. The molecule has 1 aliphatic rings. The molecule has 0 radical (unpaired) electrons. The van der Waals surface area contributed by atoms with Crippen LogP contribution in [0.4, 0.5) is 0 Å². The van der Waals surface area contributed by atoms with Gasteiger partial charge in [-0.05, 0) is 30.2 Å². The van der Waals surface area contributed by atoms with E-state index in [1.165, 1.54) is 32.1 Å². The predicted octanol–water partition coefficient (Wildman–Crippen LogP) is 3.80. The van der Waals surface area contributed by atoms with Gasteiger partial charge in [-0.15, -0.1) is 11.3 Å². The number of rotatable bonds is 1. The summed E-state index contributed by atoms with van der Waals surface area (Å²) in [6, 6.07) is 4.47. The third kappa shape index (κ3) is 1.64. The van der Waals surface area contributed by atoms with Gasteiger partial charge in [0, 0.05) is 4.88 Å². The van der Waals surface area contributed by atoms with Gasteiger partial charge in [0.2, 0.25) is 0 Å². The summed E-state index contributed by atoms with van der Waals surface area (Å²) >= 11 is 1.93. The van der Waals surface area contributed by atoms with E-state index in [0.717, 1.165) is 5.92 Å². The molecule has 0 aliphatic heterocycles. The van der Waals surface area contributed by atoms with Crippen LogP contribution in [0.2, 0.25) is 0 Å². The second kappa shape index (κ2) is 3.40. The average Bonchev–Trinajstić information content (AvgIpc) is 2.58. The minimum atomic E-state index is 0.906. The lowest BCUT2D eigenvalue weighted by molar-refractivity contribution is 0.448. The van der Waals surface area contributed by atoms with Gasteiger partial charge in [-0.25, -0.2) is 0 Å². The van der Waals surface area contributed by atoms with Crippen LogP contribution in [0.5, 0.6) is 0 Å². The summed E-state index contributed by atoms with van der Waals surface area (Å²) in [5.41, 5.74) is 0. The third-order valence-corrected chi connectivity index (χ3v) is 3.59. The van der Waals surface area contributed by atoms with Crippen molar-refractivity contribution in [2.24, 2.45) is 0 Å². The Kier molecular flexibility index (Phi) is 2.27. The van der Waals surface area contributed by atoms with E-state index in [1.54, 1.807) is 4.88 Å². The molecule has 0 aromatic carbocycles. The molecule has 1 saturated carbocycles. The zero-order valence-corrected chi connectivity index (χ0v) is 7.57. The van der Waals surface area contributed by atoms with Gasteiger partial charge in [-0.3, -0.25) is 0 Å². The Bertz CT molecular complexity index is 195. The number of thiophene rings is 1. The molecule has 1 aromatic rings. The first-order chi connectivity index (χ1) is 5.47. The first-order valence-electron chi connectivity index (χ1n) is 4.50. The molecular weight excluding hydrogens is 152 g/mol. The second-order valence-corrected chi connectivity index (χ2v) is 4.33. The van der Waals surface area contributed by atoms with Crippen molar-refractivity contribution >= 4 is 11.3 Å². The maximum Gasteiger partial charge on any atom is 0.00761 e. The standard InChI is InChI=1S/C10H14S/c1-2-5-9(6-3-1)10-7-4-8-11-10/h4,7-9H,1-3,5-6H2. The Morgan fingerprint density at radius 3 is 2.64 bits per heavy atom. The van der Waals surface area contributed by atoms with Gasteiger partial charge in [0.25, 0.3) is 0 Å². The van der Waals surface area contributed by atoms with Crippen molar-refractivity contribution in [2.45, 2.75) is 38.0 Å². The Balaban J connectivity index is 2.04. The smallest absolute Gasteiger partial charge is 0.00761 e. The Labute approximate surface area is 72.3 Å². The Hall–Kier alpha value is -0.300. The van der Waals surface area contributed by atoms with Crippen molar-refractivity contribution in [3.05, 3.63) is 22.4 Å². The molecule has 0 bridgehead atoms. The van der Waals surface area contributed by atoms with Crippen LogP contribution in [-0.2, 0) is 0 Å². The van der Waals surface area contributed by atoms with E-state index in [-0.39, 0.29) is 0 Å². The van der Waals surface area contributed by atoms with E-state index in [9.17, 15) is 0 Å². The fourth-order valence-corrected chi connectivity index (χ4v) is 2.81. The molecule has 0 N–H and O–H groups in total. The highest BCUT2D eigenvalue weighted by molar-refractivity contribution is 7.10. The first kappa shape index (κ1) is 7.35. The number of hydrogen-bond donors (Lipinski definition) is 0. The Morgan fingerprint density at radius 1 is 1.18 bits per heavy atom. The molecule has 0 atom stereocenters. The molecule has 0 unspecified atom stereocenters. The maximum atomic E-state index is 2.29. The van der Waals surface area contributed by atoms with Gasteiger partial charge in [-0.1, -0.05) is 25.3 Å². The molecule has 1 aromatic heterocycles. The van der Waals surface area contributed by atoms with Gasteiger partial charge < -0.3 is 0 Å². The molecule has 0 amide bonds. The van der Waals surface area contributed by atoms with Crippen molar-refractivity contribution in [1.29, 1.82) is 0 Å². The summed E-state index contributed by atoms with van der Waals surface area (Å²) in [4.78, 5) is 1.62. The van der Waals surface area contributed by atoms with Gasteiger partial charge in [-0.2, -0.15) is 0 Å². The molecule has 1 aliphatic carbocycles. The van der Waals surface area contributed by atoms with Crippen LogP contribution in [-0.4, -0.2) is 0 Å². The van der Waals surface area contributed by atoms with Crippen LogP contribution < -0.4 is 0 Å². The van der Waals surface area contributed by atoms with Gasteiger partial charge in [0.05, 0.1) is 0 Å². The van der Waals surface area contributed by atoms with Crippen LogP contribution in [0.1, 0.15) is 42.9 Å². The number of hydrogen-bond acceptors (Lipinski definition) is 1. The fraction of sp³-hybridized carbons (Fsp3) is 0.600. The summed E-state index contributed by atoms with van der Waals surface area (Å²) in [6.45, 7) is 0. The van der Waals surface area contributed by atoms with Crippen LogP contribution in [0, 0.1) is 0 Å². The molecule has 1 fully saturated rings. The summed E-state index contributed by atoms with van der Waals surface area (Å²) in [5, 5.41) is 2.20. The van der Waals surface area contributed by atoms with Crippen molar-refractivity contribution in [3.63, 3.8) is 0 Å². The summed E-state index contributed by atoms with van der Waals surface area (Å²) in [7, 11) is 0. The minimum Gasteiger partial charge on any atom is -0.149 e. The van der Waals surface area contributed by atoms with Gasteiger partial charge >= 0.3 is 0 Å². The average molecular weight is 166 g/mol. The predicted molar refractivity (Wildman–Crippen MR) is 50.1 cm³/mol. The Morgan fingerprint density at radius 2 is 2.00 bits per heavy atom. The zero-order chi connectivity index (χ0) is 7.52. The highest BCUT2D eigenvalue weighted by Gasteiger charge is 2.15. The quantitative estimate of drug-likeness (QED) is 0.595. The second-order valence-electron chi connectivity index (χ2n) is 3.35. The van der Waals surface area contributed by atoms with E-state index in [1.807, 2.05) is 11.3 Å². The molecule has 11 heavy (non-hydrogen) atoms. The van der Waals surface area contributed by atoms with E-state index < -0.39 is 0 Å². The largest absolute Gasteiger partial charge is 0.149 e. The van der Waals surface area contributed by atoms with Crippen molar-refractivity contribution in [3.8, 4) is 0 Å². The minimum absolute atomic E-state index is 0.906. The van der Waals surface area contributed by atoms with Crippen LogP contribution in [0.3, 0.4) is 0 Å². The van der Waals surface area contributed by atoms with Gasteiger partial charge in [0.1, 0.15) is 0 Å². The SMILES string of the molecule is c1csc(C2CCCCC2)c1. The maximum absolute atomic E-state index is 2.29. The zero-order valence-electron chi connectivity index (χ0n) is 6.75. The molecule has 0 spiro atoms. The lowest BCUT2D eigenvalue weighted by atomic mass is 9.88. The summed E-state index contributed by atoms with van der Waals surface area (Å²) in [6.07, 6.45) is 7.22.